The summed E-state index contributed by atoms with van der Waals surface area (Å²) in [7, 11) is 0. The van der Waals surface area contributed by atoms with Crippen molar-refractivity contribution in [2.75, 3.05) is 0 Å². The molecule has 0 heterocycles. The molecule has 0 aromatic heterocycles. The zero-order chi connectivity index (χ0) is 25.9. The summed E-state index contributed by atoms with van der Waals surface area (Å²) in [4.78, 5) is 22.4. The van der Waals surface area contributed by atoms with E-state index in [1.807, 2.05) is 13.8 Å². The van der Waals surface area contributed by atoms with Crippen LogP contribution in [-0.4, -0.2) is 24.1 Å². The molecule has 4 nitrogen and oxygen atoms in total. The van der Waals surface area contributed by atoms with E-state index in [0.29, 0.717) is 12.8 Å². The molecule has 0 aromatic carbocycles. The van der Waals surface area contributed by atoms with Crippen LogP contribution in [0.3, 0.4) is 0 Å². The van der Waals surface area contributed by atoms with E-state index in [9.17, 15) is 9.59 Å². The Morgan fingerprint density at radius 3 is 1.24 bits per heavy atom. The molecule has 0 rings (SSSR count). The van der Waals surface area contributed by atoms with E-state index in [1.165, 1.54) is 83.5 Å². The summed E-state index contributed by atoms with van der Waals surface area (Å²) in [5.41, 5.74) is 0. The van der Waals surface area contributed by atoms with Crippen LogP contribution in [0.4, 0.5) is 0 Å². The minimum Gasteiger partial charge on any atom is -0.462 e. The molecule has 204 valence electrons. The lowest BCUT2D eigenvalue weighted by Crippen LogP contribution is -2.17. The second-order valence-electron chi connectivity index (χ2n) is 9.59. The molecule has 0 aliphatic rings. The van der Waals surface area contributed by atoms with Crippen LogP contribution < -0.4 is 0 Å². The molecule has 0 bridgehead atoms. The molecule has 0 fully saturated rings. The molecule has 2 atom stereocenters. The van der Waals surface area contributed by atoms with E-state index in [2.05, 4.69) is 27.7 Å². The van der Waals surface area contributed by atoms with E-state index >= 15 is 0 Å². The largest absolute Gasteiger partial charge is 0.462 e. The number of ether oxygens (including phenoxy) is 2. The fraction of sp³-hybridized carbons (Fsp3) is 0.933. The first-order valence-corrected chi connectivity index (χ1v) is 14.9. The van der Waals surface area contributed by atoms with Gasteiger partial charge in [-0.3, -0.25) is 9.59 Å². The summed E-state index contributed by atoms with van der Waals surface area (Å²) in [6.07, 6.45) is 23.5. The van der Waals surface area contributed by atoms with Gasteiger partial charge in [-0.25, -0.2) is 0 Å². The van der Waals surface area contributed by atoms with Crippen molar-refractivity contribution >= 4 is 11.9 Å². The number of carbonyl (C=O) groups is 2. The predicted octanol–water partition coefficient (Wildman–Crippen LogP) is 9.72. The van der Waals surface area contributed by atoms with E-state index in [4.69, 9.17) is 9.47 Å². The molecule has 0 radical (unpaired) electrons. The van der Waals surface area contributed by atoms with Crippen LogP contribution in [0.2, 0.25) is 0 Å². The second-order valence-corrected chi connectivity index (χ2v) is 9.59. The predicted molar refractivity (Wildman–Crippen MR) is 146 cm³/mol. The van der Waals surface area contributed by atoms with E-state index in [0.717, 1.165) is 32.1 Å². The van der Waals surface area contributed by atoms with Gasteiger partial charge < -0.3 is 9.47 Å². The van der Waals surface area contributed by atoms with Crippen molar-refractivity contribution in [2.45, 2.75) is 182 Å². The van der Waals surface area contributed by atoms with Crippen LogP contribution in [-0.2, 0) is 19.1 Å². The van der Waals surface area contributed by atoms with Crippen molar-refractivity contribution in [1.82, 2.24) is 0 Å². The van der Waals surface area contributed by atoms with Gasteiger partial charge in [0.1, 0.15) is 12.2 Å². The monoisotopic (exact) mass is 484 g/mol. The highest BCUT2D eigenvalue weighted by molar-refractivity contribution is 5.69. The third-order valence-corrected chi connectivity index (χ3v) is 6.25. The smallest absolute Gasteiger partial charge is 0.305 e. The molecule has 4 heteroatoms. The summed E-state index contributed by atoms with van der Waals surface area (Å²) in [5.74, 6) is -0.103. The zero-order valence-electron chi connectivity index (χ0n) is 23.9. The van der Waals surface area contributed by atoms with Gasteiger partial charge in [-0.1, -0.05) is 119 Å². The highest BCUT2D eigenvalue weighted by Gasteiger charge is 2.12. The lowest BCUT2D eigenvalue weighted by Gasteiger charge is -2.16. The Morgan fingerprint density at radius 2 is 0.853 bits per heavy atom. The molecular formula is C30H60O4. The SMILES string of the molecule is CCCCCCCCC(CCC)OC(=O)CC.CCCCCCCCCC(CC)OC(=O)CC. The number of hydrogen-bond donors (Lipinski definition) is 0. The summed E-state index contributed by atoms with van der Waals surface area (Å²) in [6, 6.07) is 0. The normalized spacial score (nSPS) is 12.4. The number of unbranched alkanes of at least 4 members (excludes halogenated alkanes) is 11. The summed E-state index contributed by atoms with van der Waals surface area (Å²) >= 11 is 0. The standard InChI is InChI=1S/2C15H30O2/c1-4-7-8-9-10-11-12-13-14(5-2)17-15(16)6-3;1-4-7-8-9-10-11-13-14(12-5-2)17-15(16)6-3/h2*14H,4-13H2,1-3H3. The topological polar surface area (TPSA) is 52.6 Å². The fourth-order valence-electron chi connectivity index (χ4n) is 3.95. The van der Waals surface area contributed by atoms with Crippen LogP contribution >= 0.6 is 0 Å². The number of esters is 2. The van der Waals surface area contributed by atoms with Gasteiger partial charge in [-0.2, -0.15) is 0 Å². The van der Waals surface area contributed by atoms with Gasteiger partial charge in [-0.05, 0) is 38.5 Å². The molecule has 0 saturated carbocycles. The van der Waals surface area contributed by atoms with Crippen LogP contribution in [0.25, 0.3) is 0 Å². The average Bonchev–Trinajstić information content (AvgIpc) is 2.84. The van der Waals surface area contributed by atoms with Gasteiger partial charge in [0.15, 0.2) is 0 Å². The Labute approximate surface area is 213 Å². The van der Waals surface area contributed by atoms with Crippen LogP contribution in [0.15, 0.2) is 0 Å². The molecule has 0 aromatic rings. The first kappa shape index (κ1) is 35.1. The number of carbonyl (C=O) groups excluding carboxylic acids is 2. The van der Waals surface area contributed by atoms with Crippen molar-refractivity contribution < 1.29 is 19.1 Å². The van der Waals surface area contributed by atoms with Crippen molar-refractivity contribution in [2.24, 2.45) is 0 Å². The molecule has 0 aliphatic heterocycles. The zero-order valence-corrected chi connectivity index (χ0v) is 23.9. The summed E-state index contributed by atoms with van der Waals surface area (Å²) in [6.45, 7) is 12.4. The maximum Gasteiger partial charge on any atom is 0.305 e. The molecule has 0 saturated heterocycles. The Kier molecular flexibility index (Phi) is 29.1. The van der Waals surface area contributed by atoms with Crippen molar-refractivity contribution in [3.05, 3.63) is 0 Å². The van der Waals surface area contributed by atoms with Crippen molar-refractivity contribution in [3.8, 4) is 0 Å². The first-order valence-electron chi connectivity index (χ1n) is 14.9. The quantitative estimate of drug-likeness (QED) is 0.113. The molecular weight excluding hydrogens is 424 g/mol. The van der Waals surface area contributed by atoms with E-state index in [1.54, 1.807) is 0 Å². The van der Waals surface area contributed by atoms with Gasteiger partial charge in [0.05, 0.1) is 0 Å². The van der Waals surface area contributed by atoms with E-state index in [-0.39, 0.29) is 24.1 Å². The highest BCUT2D eigenvalue weighted by atomic mass is 16.5. The van der Waals surface area contributed by atoms with Crippen LogP contribution in [0, 0.1) is 0 Å². The Balaban J connectivity index is 0. The lowest BCUT2D eigenvalue weighted by molar-refractivity contribution is -0.150. The average molecular weight is 485 g/mol. The Morgan fingerprint density at radius 1 is 0.471 bits per heavy atom. The minimum atomic E-state index is -0.0557. The van der Waals surface area contributed by atoms with Gasteiger partial charge in [0.25, 0.3) is 0 Å². The molecule has 0 amide bonds. The summed E-state index contributed by atoms with van der Waals surface area (Å²) in [5, 5.41) is 0. The first-order chi connectivity index (χ1) is 16.5. The maximum atomic E-state index is 11.2. The third-order valence-electron chi connectivity index (χ3n) is 6.25. The minimum absolute atomic E-state index is 0.0468. The van der Waals surface area contributed by atoms with E-state index < -0.39 is 0 Å². The van der Waals surface area contributed by atoms with Crippen LogP contribution in [0.1, 0.15) is 170 Å². The van der Waals surface area contributed by atoms with Gasteiger partial charge in [0.2, 0.25) is 0 Å². The highest BCUT2D eigenvalue weighted by Crippen LogP contribution is 2.15. The molecule has 0 spiro atoms. The third kappa shape index (κ3) is 25.6. The molecule has 0 N–H and O–H groups in total. The van der Waals surface area contributed by atoms with Crippen molar-refractivity contribution in [3.63, 3.8) is 0 Å². The van der Waals surface area contributed by atoms with Gasteiger partial charge in [0, 0.05) is 12.8 Å². The maximum absolute atomic E-state index is 11.2. The fourth-order valence-corrected chi connectivity index (χ4v) is 3.95. The number of rotatable bonds is 22. The lowest BCUT2D eigenvalue weighted by atomic mass is 10.0. The molecule has 0 aliphatic carbocycles. The molecule has 34 heavy (non-hydrogen) atoms. The molecule has 2 unspecified atom stereocenters. The van der Waals surface area contributed by atoms with Gasteiger partial charge in [-0.15, -0.1) is 0 Å². The van der Waals surface area contributed by atoms with Crippen molar-refractivity contribution in [1.29, 1.82) is 0 Å². The van der Waals surface area contributed by atoms with Gasteiger partial charge >= 0.3 is 11.9 Å². The van der Waals surface area contributed by atoms with Crippen LogP contribution in [0.5, 0.6) is 0 Å². The Bertz CT molecular complexity index is 436. The Hall–Kier alpha value is -1.06. The second kappa shape index (κ2) is 28.2. The summed E-state index contributed by atoms with van der Waals surface area (Å²) < 4.78 is 10.8. The number of hydrogen-bond acceptors (Lipinski definition) is 4.